The lowest BCUT2D eigenvalue weighted by molar-refractivity contribution is 0.734. The molecule has 2 aliphatic rings. The van der Waals surface area contributed by atoms with Crippen LogP contribution >= 0.6 is 0 Å². The SMILES string of the molecule is Cc1ccc2c(c1)-c1ccccc1C1(c3ccccc3-c3cc(C)ccc3N2c2ccc(-c3nc(C)nc(-c4ccccc4)c3C)cc2)c2ccccc2N(c2ccccc2)c2ccccc21. The molecular formula is C63H48N4. The molecule has 0 saturated carbocycles. The van der Waals surface area contributed by atoms with E-state index in [-0.39, 0.29) is 0 Å². The number of para-hydroxylation sites is 3. The molecule has 10 aromatic rings. The summed E-state index contributed by atoms with van der Waals surface area (Å²) in [5.41, 5.74) is 23.1. The highest BCUT2D eigenvalue weighted by atomic mass is 15.2. The van der Waals surface area contributed by atoms with Gasteiger partial charge in [-0.3, -0.25) is 0 Å². The van der Waals surface area contributed by atoms with Crippen LogP contribution in [0.25, 0.3) is 44.8 Å². The second-order valence-corrected chi connectivity index (χ2v) is 17.9. The van der Waals surface area contributed by atoms with Crippen molar-refractivity contribution in [3.63, 3.8) is 0 Å². The Bertz CT molecular complexity index is 3370. The van der Waals surface area contributed by atoms with Crippen LogP contribution in [0, 0.1) is 27.7 Å². The smallest absolute Gasteiger partial charge is 0.126 e. The molecule has 3 heterocycles. The van der Waals surface area contributed by atoms with Gasteiger partial charge in [0.05, 0.1) is 39.6 Å². The fourth-order valence-corrected chi connectivity index (χ4v) is 11.0. The number of rotatable bonds is 4. The van der Waals surface area contributed by atoms with Gasteiger partial charge >= 0.3 is 0 Å². The van der Waals surface area contributed by atoms with Crippen molar-refractivity contribution < 1.29 is 0 Å². The number of aromatic nitrogens is 2. The van der Waals surface area contributed by atoms with Gasteiger partial charge in [0.25, 0.3) is 0 Å². The first kappa shape index (κ1) is 40.2. The molecule has 0 saturated heterocycles. The Labute approximate surface area is 393 Å². The summed E-state index contributed by atoms with van der Waals surface area (Å²) in [6.07, 6.45) is 0. The first-order chi connectivity index (χ1) is 32.9. The minimum Gasteiger partial charge on any atom is -0.310 e. The molecule has 9 aromatic carbocycles. The van der Waals surface area contributed by atoms with Crippen LogP contribution in [0.2, 0.25) is 0 Å². The van der Waals surface area contributed by atoms with Gasteiger partial charge in [0.2, 0.25) is 0 Å². The van der Waals surface area contributed by atoms with Crippen molar-refractivity contribution in [1.82, 2.24) is 9.97 Å². The predicted molar refractivity (Wildman–Crippen MR) is 278 cm³/mol. The van der Waals surface area contributed by atoms with Crippen LogP contribution in [0.5, 0.6) is 0 Å². The van der Waals surface area contributed by atoms with Crippen molar-refractivity contribution in [2.75, 3.05) is 9.80 Å². The predicted octanol–water partition coefficient (Wildman–Crippen LogP) is 16.3. The standard InChI is InChI=1S/C63H48N4/c1-41-31-37-57-51(39-41)49-23-11-13-25-53(49)63(55-27-15-17-29-59(55)67(47-21-9-6-10-22-47)60-30-18-16-28-56(60)63)54-26-14-12-24-50(54)52-40-42(2)32-38-58(52)66(57)48-35-33-46(34-36-48)62-43(3)61(64-44(4)65-62)45-19-7-5-8-20-45/h5-40H,1-4H3. The minimum atomic E-state index is -0.733. The molecule has 12 rings (SSSR count). The summed E-state index contributed by atoms with van der Waals surface area (Å²) in [6, 6.07) is 80.6. The lowest BCUT2D eigenvalue weighted by atomic mass is 9.59. The monoisotopic (exact) mass is 860 g/mol. The molecular weight excluding hydrogens is 813 g/mol. The quantitative estimate of drug-likeness (QED) is 0.176. The third-order valence-electron chi connectivity index (χ3n) is 13.8. The number of aryl methyl sites for hydroxylation is 3. The van der Waals surface area contributed by atoms with Crippen LogP contribution in [0.4, 0.5) is 34.1 Å². The van der Waals surface area contributed by atoms with Gasteiger partial charge in [-0.25, -0.2) is 9.97 Å². The summed E-state index contributed by atoms with van der Waals surface area (Å²) in [7, 11) is 0. The molecule has 0 bridgehead atoms. The molecule has 4 heteroatoms. The van der Waals surface area contributed by atoms with Crippen molar-refractivity contribution in [2.24, 2.45) is 0 Å². The van der Waals surface area contributed by atoms with Gasteiger partial charge in [-0.15, -0.1) is 0 Å². The Kier molecular flexibility index (Phi) is 9.58. The average Bonchev–Trinajstić information content (AvgIpc) is 3.37. The normalized spacial score (nSPS) is 13.1. The van der Waals surface area contributed by atoms with E-state index < -0.39 is 5.41 Å². The van der Waals surface area contributed by atoms with Gasteiger partial charge in [-0.2, -0.15) is 0 Å². The zero-order valence-corrected chi connectivity index (χ0v) is 38.1. The number of hydrogen-bond acceptors (Lipinski definition) is 4. The molecule has 0 atom stereocenters. The molecule has 0 radical (unpaired) electrons. The number of nitrogens with zero attached hydrogens (tertiary/aromatic N) is 4. The molecule has 4 nitrogen and oxygen atoms in total. The van der Waals surface area contributed by atoms with Crippen LogP contribution in [-0.4, -0.2) is 9.97 Å². The molecule has 0 amide bonds. The third-order valence-corrected chi connectivity index (χ3v) is 13.8. The third kappa shape index (κ3) is 6.35. The zero-order chi connectivity index (χ0) is 45.2. The zero-order valence-electron chi connectivity index (χ0n) is 38.1. The number of fused-ring (bicyclic) bond motifs is 12. The van der Waals surface area contributed by atoms with Crippen LogP contribution in [0.3, 0.4) is 0 Å². The van der Waals surface area contributed by atoms with Gasteiger partial charge < -0.3 is 9.80 Å². The molecule has 2 aliphatic heterocycles. The Hall–Kier alpha value is -8.34. The van der Waals surface area contributed by atoms with Gasteiger partial charge in [0.15, 0.2) is 0 Å². The summed E-state index contributed by atoms with van der Waals surface area (Å²) in [5.74, 6) is 0.749. The van der Waals surface area contributed by atoms with E-state index in [2.05, 4.69) is 243 Å². The molecule has 1 spiro atoms. The van der Waals surface area contributed by atoms with Crippen LogP contribution < -0.4 is 9.80 Å². The second-order valence-electron chi connectivity index (χ2n) is 17.9. The lowest BCUT2D eigenvalue weighted by Crippen LogP contribution is -2.38. The van der Waals surface area contributed by atoms with E-state index in [0.717, 1.165) is 68.0 Å². The number of hydrogen-bond donors (Lipinski definition) is 0. The molecule has 1 aromatic heterocycles. The van der Waals surface area contributed by atoms with E-state index >= 15 is 0 Å². The average molecular weight is 861 g/mol. The minimum absolute atomic E-state index is 0.733. The van der Waals surface area contributed by atoms with Crippen LogP contribution in [-0.2, 0) is 5.41 Å². The molecule has 0 fully saturated rings. The highest BCUT2D eigenvalue weighted by Crippen LogP contribution is 2.62. The first-order valence-corrected chi connectivity index (χ1v) is 23.2. The van der Waals surface area contributed by atoms with Crippen LogP contribution in [0.15, 0.2) is 218 Å². The summed E-state index contributed by atoms with van der Waals surface area (Å²) >= 11 is 0. The van der Waals surface area contributed by atoms with Gasteiger partial charge in [0.1, 0.15) is 5.82 Å². The highest BCUT2D eigenvalue weighted by molar-refractivity contribution is 6.00. The molecule has 0 aliphatic carbocycles. The fraction of sp³-hybridized carbons (Fsp3) is 0.0794. The van der Waals surface area contributed by atoms with E-state index in [1.165, 1.54) is 55.6 Å². The summed E-state index contributed by atoms with van der Waals surface area (Å²) in [4.78, 5) is 14.9. The Morgan fingerprint density at radius 3 is 1.25 bits per heavy atom. The van der Waals surface area contributed by atoms with E-state index in [9.17, 15) is 0 Å². The van der Waals surface area contributed by atoms with Gasteiger partial charge in [0, 0.05) is 39.2 Å². The number of benzene rings is 9. The van der Waals surface area contributed by atoms with Gasteiger partial charge in [-0.1, -0.05) is 169 Å². The van der Waals surface area contributed by atoms with Crippen molar-refractivity contribution in [3.8, 4) is 44.8 Å². The Morgan fingerprint density at radius 2 is 0.731 bits per heavy atom. The van der Waals surface area contributed by atoms with Gasteiger partial charge in [-0.05, 0) is 122 Å². The maximum Gasteiger partial charge on any atom is 0.126 e. The van der Waals surface area contributed by atoms with Crippen molar-refractivity contribution in [3.05, 3.63) is 263 Å². The summed E-state index contributed by atoms with van der Waals surface area (Å²) in [5, 5.41) is 0. The molecule has 67 heavy (non-hydrogen) atoms. The Balaban J connectivity index is 1.16. The Morgan fingerprint density at radius 1 is 0.328 bits per heavy atom. The van der Waals surface area contributed by atoms with Crippen LogP contribution in [0.1, 0.15) is 44.8 Å². The second kappa shape index (κ2) is 16.0. The van der Waals surface area contributed by atoms with E-state index in [0.29, 0.717) is 0 Å². The fourth-order valence-electron chi connectivity index (χ4n) is 11.0. The molecule has 0 N–H and O–H groups in total. The topological polar surface area (TPSA) is 32.3 Å². The molecule has 320 valence electrons. The lowest BCUT2D eigenvalue weighted by Gasteiger charge is -2.48. The van der Waals surface area contributed by atoms with E-state index in [4.69, 9.17) is 9.97 Å². The maximum absolute atomic E-state index is 5.03. The highest BCUT2D eigenvalue weighted by Gasteiger charge is 2.49. The van der Waals surface area contributed by atoms with E-state index in [1.807, 2.05) is 13.0 Å². The van der Waals surface area contributed by atoms with Crippen molar-refractivity contribution in [2.45, 2.75) is 33.1 Å². The maximum atomic E-state index is 5.03. The summed E-state index contributed by atoms with van der Waals surface area (Å²) in [6.45, 7) is 8.54. The molecule has 0 unspecified atom stereocenters. The first-order valence-electron chi connectivity index (χ1n) is 23.2. The van der Waals surface area contributed by atoms with E-state index in [1.54, 1.807) is 0 Å². The largest absolute Gasteiger partial charge is 0.310 e. The summed E-state index contributed by atoms with van der Waals surface area (Å²) < 4.78 is 0. The van der Waals surface area contributed by atoms with Crippen molar-refractivity contribution >= 4 is 34.1 Å². The number of anilines is 6. The van der Waals surface area contributed by atoms with Crippen molar-refractivity contribution in [1.29, 1.82) is 0 Å².